The number of halogens is 1. The number of fused-ring (bicyclic) bond motifs is 2. The Bertz CT molecular complexity index is 1360. The van der Waals surface area contributed by atoms with Gasteiger partial charge in [-0.2, -0.15) is 0 Å². The Hall–Kier alpha value is -3.71. The van der Waals surface area contributed by atoms with E-state index in [9.17, 15) is 9.59 Å². The van der Waals surface area contributed by atoms with Gasteiger partial charge < -0.3 is 14.6 Å². The summed E-state index contributed by atoms with van der Waals surface area (Å²) in [5, 5.41) is 3.40. The van der Waals surface area contributed by atoms with Crippen LogP contribution in [0.3, 0.4) is 0 Å². The molecule has 0 fully saturated rings. The van der Waals surface area contributed by atoms with Crippen molar-refractivity contribution in [2.75, 3.05) is 11.9 Å². The van der Waals surface area contributed by atoms with Gasteiger partial charge in [0.1, 0.15) is 16.9 Å². The van der Waals surface area contributed by atoms with E-state index in [2.05, 4.69) is 18.8 Å². The minimum atomic E-state index is -0.556. The first-order valence-corrected chi connectivity index (χ1v) is 11.5. The number of para-hydroxylation sites is 2. The van der Waals surface area contributed by atoms with Gasteiger partial charge in [-0.3, -0.25) is 4.79 Å². The van der Waals surface area contributed by atoms with Crippen LogP contribution in [0.4, 0.5) is 5.82 Å². The van der Waals surface area contributed by atoms with E-state index in [0.29, 0.717) is 39.3 Å². The zero-order chi connectivity index (χ0) is 24.1. The summed E-state index contributed by atoms with van der Waals surface area (Å²) in [4.78, 5) is 35.8. The second kappa shape index (κ2) is 10.5. The van der Waals surface area contributed by atoms with Crippen molar-refractivity contribution in [3.05, 3.63) is 77.3 Å². The molecule has 8 heteroatoms. The number of amides is 1. The molecule has 0 spiro atoms. The summed E-state index contributed by atoms with van der Waals surface area (Å²) in [6.45, 7) is 6.50. The number of anilines is 1. The Balaban J connectivity index is 1.85. The molecule has 7 nitrogen and oxygen atoms in total. The molecule has 34 heavy (non-hydrogen) atoms. The highest BCUT2D eigenvalue weighted by molar-refractivity contribution is 6.30. The number of benzene rings is 2. The van der Waals surface area contributed by atoms with E-state index >= 15 is 0 Å². The zero-order valence-electron chi connectivity index (χ0n) is 18.9. The molecule has 0 unspecified atom stereocenters. The highest BCUT2D eigenvalue weighted by atomic mass is 35.5. The van der Waals surface area contributed by atoms with E-state index in [4.69, 9.17) is 26.3 Å². The van der Waals surface area contributed by atoms with E-state index in [0.717, 1.165) is 19.3 Å². The molecule has 0 atom stereocenters. The third-order valence-electron chi connectivity index (χ3n) is 5.39. The third kappa shape index (κ3) is 4.79. The van der Waals surface area contributed by atoms with Crippen molar-refractivity contribution in [1.82, 2.24) is 14.5 Å². The lowest BCUT2D eigenvalue weighted by atomic mass is 10.2. The Morgan fingerprint density at radius 1 is 1.09 bits per heavy atom. The number of hydrogen-bond acceptors (Lipinski definition) is 5. The first-order valence-electron chi connectivity index (χ1n) is 11.2. The van der Waals surface area contributed by atoms with E-state index in [1.165, 1.54) is 0 Å². The summed E-state index contributed by atoms with van der Waals surface area (Å²) in [6.07, 6.45) is 4.39. The lowest BCUT2D eigenvalue weighted by Gasteiger charge is -2.12. The lowest BCUT2D eigenvalue weighted by molar-refractivity contribution is 0.0501. The molecule has 0 aliphatic rings. The van der Waals surface area contributed by atoms with Crippen LogP contribution in [0, 0.1) is 0 Å². The molecule has 4 rings (SSSR count). The molecule has 2 aromatic carbocycles. The molecular formula is C26H25ClN4O3. The molecule has 0 saturated carbocycles. The number of allylic oxidation sites excluding steroid dienone is 1. The Morgan fingerprint density at radius 3 is 2.47 bits per heavy atom. The van der Waals surface area contributed by atoms with Gasteiger partial charge in [0.25, 0.3) is 5.91 Å². The minimum absolute atomic E-state index is 0.175. The zero-order valence-corrected chi connectivity index (χ0v) is 19.6. The molecule has 1 N–H and O–H groups in total. The molecule has 174 valence electrons. The fourth-order valence-electron chi connectivity index (χ4n) is 3.70. The number of nitrogens with zero attached hydrogens (tertiary/aromatic N) is 3. The summed E-state index contributed by atoms with van der Waals surface area (Å²) < 4.78 is 7.29. The molecule has 0 radical (unpaired) electrons. The average molecular weight is 477 g/mol. The topological polar surface area (TPSA) is 86.1 Å². The fraction of sp³-hybridized carbons (Fsp3) is 0.231. The van der Waals surface area contributed by atoms with Gasteiger partial charge in [0.15, 0.2) is 5.65 Å². The van der Waals surface area contributed by atoms with Crippen molar-refractivity contribution in [2.24, 2.45) is 0 Å². The van der Waals surface area contributed by atoms with Crippen LogP contribution >= 0.6 is 11.6 Å². The molecule has 4 aromatic rings. The lowest BCUT2D eigenvalue weighted by Crippen LogP contribution is -2.18. The summed E-state index contributed by atoms with van der Waals surface area (Å²) in [5.41, 5.74) is 2.72. The summed E-state index contributed by atoms with van der Waals surface area (Å²) in [5.74, 6) is -0.681. The van der Waals surface area contributed by atoms with Gasteiger partial charge in [-0.25, -0.2) is 14.8 Å². The van der Waals surface area contributed by atoms with Crippen LogP contribution in [-0.2, 0) is 11.3 Å². The Kier molecular flexibility index (Phi) is 7.23. The van der Waals surface area contributed by atoms with Gasteiger partial charge in [-0.05, 0) is 42.8 Å². The number of aromatic nitrogens is 3. The highest BCUT2D eigenvalue weighted by Crippen LogP contribution is 2.31. The maximum Gasteiger partial charge on any atom is 0.344 e. The van der Waals surface area contributed by atoms with Crippen molar-refractivity contribution in [3.63, 3.8) is 0 Å². The number of rotatable bonds is 9. The number of ether oxygens (including phenoxy) is 1. The summed E-state index contributed by atoms with van der Waals surface area (Å²) >= 11 is 5.96. The fourth-order valence-corrected chi connectivity index (χ4v) is 3.83. The predicted molar refractivity (Wildman–Crippen MR) is 134 cm³/mol. The SMILES string of the molecule is C=CCn1c(NC(=O)c2ccc(Cl)cc2)c(C(=O)OCCCCC)c2nc3ccccc3nc21. The molecule has 0 saturated heterocycles. The van der Waals surface area contributed by atoms with Gasteiger partial charge in [-0.15, -0.1) is 6.58 Å². The van der Waals surface area contributed by atoms with Gasteiger partial charge in [-0.1, -0.05) is 49.6 Å². The van der Waals surface area contributed by atoms with Crippen LogP contribution < -0.4 is 5.32 Å². The molecule has 0 bridgehead atoms. The third-order valence-corrected chi connectivity index (χ3v) is 5.64. The average Bonchev–Trinajstić information content (AvgIpc) is 3.12. The Labute approximate surface area is 202 Å². The number of unbranched alkanes of at least 4 members (excludes halogenated alkanes) is 2. The van der Waals surface area contributed by atoms with Crippen molar-refractivity contribution >= 4 is 51.5 Å². The van der Waals surface area contributed by atoms with Gasteiger partial charge in [0.2, 0.25) is 0 Å². The molecule has 0 aliphatic heterocycles. The van der Waals surface area contributed by atoms with Gasteiger partial charge in [0.05, 0.1) is 17.6 Å². The van der Waals surface area contributed by atoms with Crippen LogP contribution in [0.5, 0.6) is 0 Å². The normalized spacial score (nSPS) is 11.0. The number of carbonyl (C=O) groups is 2. The van der Waals surface area contributed by atoms with Crippen LogP contribution in [0.25, 0.3) is 22.2 Å². The summed E-state index contributed by atoms with van der Waals surface area (Å²) in [6, 6.07) is 13.9. The van der Waals surface area contributed by atoms with Gasteiger partial charge in [0, 0.05) is 17.1 Å². The van der Waals surface area contributed by atoms with Crippen LogP contribution in [0.1, 0.15) is 46.9 Å². The van der Waals surface area contributed by atoms with E-state index in [1.54, 1.807) is 34.9 Å². The van der Waals surface area contributed by atoms with Crippen molar-refractivity contribution < 1.29 is 14.3 Å². The molecular weight excluding hydrogens is 452 g/mol. The maximum absolute atomic E-state index is 13.3. The van der Waals surface area contributed by atoms with E-state index < -0.39 is 11.9 Å². The van der Waals surface area contributed by atoms with Crippen LogP contribution in [0.15, 0.2) is 61.2 Å². The maximum atomic E-state index is 13.3. The minimum Gasteiger partial charge on any atom is -0.462 e. The number of carbonyl (C=O) groups excluding carboxylic acids is 2. The van der Waals surface area contributed by atoms with Crippen LogP contribution in [0.2, 0.25) is 5.02 Å². The number of esters is 1. The monoisotopic (exact) mass is 476 g/mol. The predicted octanol–water partition coefficient (Wildman–Crippen LogP) is 6.02. The number of nitrogens with one attached hydrogen (secondary N) is 1. The van der Waals surface area contributed by atoms with Crippen molar-refractivity contribution in [2.45, 2.75) is 32.7 Å². The first kappa shape index (κ1) is 23.4. The number of hydrogen-bond donors (Lipinski definition) is 1. The van der Waals surface area contributed by atoms with Crippen LogP contribution in [-0.4, -0.2) is 33.0 Å². The summed E-state index contributed by atoms with van der Waals surface area (Å²) in [7, 11) is 0. The van der Waals surface area contributed by atoms with E-state index in [1.807, 2.05) is 24.3 Å². The smallest absolute Gasteiger partial charge is 0.344 e. The first-order chi connectivity index (χ1) is 16.5. The molecule has 0 aliphatic carbocycles. The quantitative estimate of drug-likeness (QED) is 0.181. The molecule has 2 aromatic heterocycles. The van der Waals surface area contributed by atoms with Crippen molar-refractivity contribution in [3.8, 4) is 0 Å². The highest BCUT2D eigenvalue weighted by Gasteiger charge is 2.28. The second-order valence-electron chi connectivity index (χ2n) is 7.81. The van der Waals surface area contributed by atoms with Crippen molar-refractivity contribution in [1.29, 1.82) is 0 Å². The standard InChI is InChI=1S/C26H25ClN4O3/c1-3-5-8-16-34-26(33)21-22-24(29-20-10-7-6-9-19(20)28-22)31(15-4-2)23(21)30-25(32)17-11-13-18(27)14-12-17/h4,6-7,9-14H,2-3,5,8,15-16H2,1H3,(H,30,32). The largest absolute Gasteiger partial charge is 0.462 e. The van der Waals surface area contributed by atoms with E-state index in [-0.39, 0.29) is 18.0 Å². The second-order valence-corrected chi connectivity index (χ2v) is 8.25. The molecule has 1 amide bonds. The van der Waals surface area contributed by atoms with Gasteiger partial charge >= 0.3 is 5.97 Å². The Morgan fingerprint density at radius 2 is 1.79 bits per heavy atom. The molecule has 2 heterocycles.